The zero-order valence-electron chi connectivity index (χ0n) is 9.29. The van der Waals surface area contributed by atoms with Gasteiger partial charge in [-0.15, -0.1) is 0 Å². The molecule has 1 rings (SSSR count). The van der Waals surface area contributed by atoms with Gasteiger partial charge in [0, 0.05) is 17.3 Å². The molecular formula is C12H15NO3. The largest absolute Gasteiger partial charge is 0.462 e. The number of carbonyl (C=O) groups excluding carboxylic acids is 1. The number of aromatic amines is 1. The molecule has 86 valence electrons. The monoisotopic (exact) mass is 221 g/mol. The van der Waals surface area contributed by atoms with Gasteiger partial charge in [0.05, 0.1) is 6.61 Å². The molecule has 0 aromatic carbocycles. The minimum Gasteiger partial charge on any atom is -0.462 e. The van der Waals surface area contributed by atoms with Gasteiger partial charge in [0.25, 0.3) is 5.56 Å². The first kappa shape index (κ1) is 12.2. The summed E-state index contributed by atoms with van der Waals surface area (Å²) < 4.78 is 4.91. The van der Waals surface area contributed by atoms with Gasteiger partial charge in [-0.05, 0) is 25.8 Å². The van der Waals surface area contributed by atoms with Gasteiger partial charge in [0.15, 0.2) is 0 Å². The summed E-state index contributed by atoms with van der Waals surface area (Å²) in [6.45, 7) is 5.38. The Balaban J connectivity index is 2.32. The highest BCUT2D eigenvalue weighted by Crippen LogP contribution is 1.98. The fraction of sp³-hybridized carbons (Fsp3) is 0.333. The molecule has 1 aromatic rings. The quantitative estimate of drug-likeness (QED) is 0.465. The number of pyridine rings is 1. The smallest absolute Gasteiger partial charge is 0.333 e. The van der Waals surface area contributed by atoms with Crippen molar-refractivity contribution in [1.29, 1.82) is 0 Å². The zero-order chi connectivity index (χ0) is 12.0. The number of rotatable bonds is 5. The molecule has 0 saturated carbocycles. The molecule has 0 unspecified atom stereocenters. The van der Waals surface area contributed by atoms with Crippen molar-refractivity contribution in [2.75, 3.05) is 6.61 Å². The van der Waals surface area contributed by atoms with E-state index >= 15 is 0 Å². The van der Waals surface area contributed by atoms with E-state index < -0.39 is 0 Å². The Morgan fingerprint density at radius 2 is 2.31 bits per heavy atom. The van der Waals surface area contributed by atoms with E-state index in [-0.39, 0.29) is 11.5 Å². The molecule has 0 aliphatic carbocycles. The van der Waals surface area contributed by atoms with Crippen molar-refractivity contribution < 1.29 is 9.53 Å². The average molecular weight is 221 g/mol. The zero-order valence-corrected chi connectivity index (χ0v) is 9.29. The van der Waals surface area contributed by atoms with Crippen LogP contribution in [-0.4, -0.2) is 17.6 Å². The number of ether oxygens (including phenoxy) is 1. The SMILES string of the molecule is C=C(C)C(=O)OCCCc1ccc[nH]c1=O. The van der Waals surface area contributed by atoms with E-state index in [4.69, 9.17) is 4.74 Å². The van der Waals surface area contributed by atoms with Crippen LogP contribution in [0.2, 0.25) is 0 Å². The van der Waals surface area contributed by atoms with Crippen molar-refractivity contribution >= 4 is 5.97 Å². The van der Waals surface area contributed by atoms with Crippen LogP contribution in [0, 0.1) is 0 Å². The second-order valence-corrected chi connectivity index (χ2v) is 3.54. The normalized spacial score (nSPS) is 9.81. The molecule has 0 atom stereocenters. The lowest BCUT2D eigenvalue weighted by Gasteiger charge is -2.03. The Bertz CT molecular complexity index is 434. The van der Waals surface area contributed by atoms with E-state index in [9.17, 15) is 9.59 Å². The number of hydrogen-bond donors (Lipinski definition) is 1. The number of hydrogen-bond acceptors (Lipinski definition) is 3. The van der Waals surface area contributed by atoms with Crippen LogP contribution in [0.4, 0.5) is 0 Å². The summed E-state index contributed by atoms with van der Waals surface area (Å²) in [5.41, 5.74) is 1.00. The van der Waals surface area contributed by atoms with Crippen molar-refractivity contribution in [1.82, 2.24) is 4.98 Å². The number of aryl methyl sites for hydroxylation is 1. The molecule has 0 bridgehead atoms. The lowest BCUT2D eigenvalue weighted by Crippen LogP contribution is -2.13. The summed E-state index contributed by atoms with van der Waals surface area (Å²) in [7, 11) is 0. The third-order valence-electron chi connectivity index (χ3n) is 2.07. The highest BCUT2D eigenvalue weighted by Gasteiger charge is 2.03. The summed E-state index contributed by atoms with van der Waals surface area (Å²) in [6, 6.07) is 3.54. The topological polar surface area (TPSA) is 59.2 Å². The summed E-state index contributed by atoms with van der Waals surface area (Å²) in [4.78, 5) is 24.9. The molecule has 0 spiro atoms. The summed E-state index contributed by atoms with van der Waals surface area (Å²) in [5.74, 6) is -0.387. The van der Waals surface area contributed by atoms with Crippen LogP contribution in [0.25, 0.3) is 0 Å². The molecule has 0 amide bonds. The third kappa shape index (κ3) is 3.73. The highest BCUT2D eigenvalue weighted by atomic mass is 16.5. The average Bonchev–Trinajstić information content (AvgIpc) is 2.26. The van der Waals surface area contributed by atoms with E-state index in [1.54, 1.807) is 25.3 Å². The Labute approximate surface area is 94.0 Å². The maximum atomic E-state index is 11.3. The van der Waals surface area contributed by atoms with Crippen LogP contribution in [-0.2, 0) is 16.0 Å². The predicted octanol–water partition coefficient (Wildman–Crippen LogP) is 1.43. The number of nitrogens with one attached hydrogen (secondary N) is 1. The van der Waals surface area contributed by atoms with E-state index in [2.05, 4.69) is 11.6 Å². The van der Waals surface area contributed by atoms with Crippen LogP contribution in [0.1, 0.15) is 18.9 Å². The predicted molar refractivity (Wildman–Crippen MR) is 61.2 cm³/mol. The molecule has 0 radical (unpaired) electrons. The first-order valence-corrected chi connectivity index (χ1v) is 5.10. The Kier molecular flexibility index (Phi) is 4.51. The standard InChI is InChI=1S/C12H15NO3/c1-9(2)12(15)16-8-4-6-10-5-3-7-13-11(10)14/h3,5,7H,1,4,6,8H2,2H3,(H,13,14). The molecule has 0 aliphatic heterocycles. The van der Waals surface area contributed by atoms with E-state index in [0.29, 0.717) is 30.6 Å². The van der Waals surface area contributed by atoms with Crippen LogP contribution < -0.4 is 5.56 Å². The first-order valence-electron chi connectivity index (χ1n) is 5.10. The maximum absolute atomic E-state index is 11.3. The summed E-state index contributed by atoms with van der Waals surface area (Å²) in [6.07, 6.45) is 2.82. The lowest BCUT2D eigenvalue weighted by molar-refractivity contribution is -0.139. The van der Waals surface area contributed by atoms with Gasteiger partial charge >= 0.3 is 5.97 Å². The minimum atomic E-state index is -0.387. The van der Waals surface area contributed by atoms with Crippen molar-refractivity contribution in [2.24, 2.45) is 0 Å². The van der Waals surface area contributed by atoms with Gasteiger partial charge in [-0.1, -0.05) is 12.6 Å². The number of esters is 1. The molecule has 16 heavy (non-hydrogen) atoms. The Hall–Kier alpha value is -1.84. The fourth-order valence-corrected chi connectivity index (χ4v) is 1.20. The molecule has 0 fully saturated rings. The van der Waals surface area contributed by atoms with Gasteiger partial charge in [-0.3, -0.25) is 4.79 Å². The lowest BCUT2D eigenvalue weighted by atomic mass is 10.1. The van der Waals surface area contributed by atoms with Crippen LogP contribution in [0.15, 0.2) is 35.3 Å². The molecule has 0 aliphatic rings. The van der Waals surface area contributed by atoms with E-state index in [1.165, 1.54) is 0 Å². The maximum Gasteiger partial charge on any atom is 0.333 e. The Morgan fingerprint density at radius 1 is 1.56 bits per heavy atom. The number of aromatic nitrogens is 1. The minimum absolute atomic E-state index is 0.0891. The molecule has 4 heteroatoms. The first-order chi connectivity index (χ1) is 7.61. The van der Waals surface area contributed by atoms with Gasteiger partial charge in [0.1, 0.15) is 0 Å². The second-order valence-electron chi connectivity index (χ2n) is 3.54. The molecule has 1 aromatic heterocycles. The fourth-order valence-electron chi connectivity index (χ4n) is 1.20. The number of H-pyrrole nitrogens is 1. The Morgan fingerprint density at radius 3 is 2.94 bits per heavy atom. The molecule has 1 heterocycles. The molecule has 1 N–H and O–H groups in total. The van der Waals surface area contributed by atoms with Crippen molar-refractivity contribution in [3.63, 3.8) is 0 Å². The van der Waals surface area contributed by atoms with E-state index in [0.717, 1.165) is 0 Å². The molecule has 0 saturated heterocycles. The van der Waals surface area contributed by atoms with E-state index in [1.807, 2.05) is 0 Å². The van der Waals surface area contributed by atoms with Crippen LogP contribution in [0.3, 0.4) is 0 Å². The van der Waals surface area contributed by atoms with Gasteiger partial charge in [0.2, 0.25) is 0 Å². The van der Waals surface area contributed by atoms with Crippen molar-refractivity contribution in [3.05, 3.63) is 46.4 Å². The van der Waals surface area contributed by atoms with Crippen molar-refractivity contribution in [3.8, 4) is 0 Å². The summed E-state index contributed by atoms with van der Waals surface area (Å²) >= 11 is 0. The summed E-state index contributed by atoms with van der Waals surface area (Å²) in [5, 5.41) is 0. The molecular weight excluding hydrogens is 206 g/mol. The third-order valence-corrected chi connectivity index (χ3v) is 2.07. The van der Waals surface area contributed by atoms with Crippen LogP contribution in [0.5, 0.6) is 0 Å². The molecule has 4 nitrogen and oxygen atoms in total. The second kappa shape index (κ2) is 5.90. The van der Waals surface area contributed by atoms with Gasteiger partial charge in [-0.2, -0.15) is 0 Å². The highest BCUT2D eigenvalue weighted by molar-refractivity contribution is 5.86. The van der Waals surface area contributed by atoms with Crippen LogP contribution >= 0.6 is 0 Å². The van der Waals surface area contributed by atoms with Gasteiger partial charge in [-0.25, -0.2) is 4.79 Å². The van der Waals surface area contributed by atoms with Gasteiger partial charge < -0.3 is 9.72 Å². The van der Waals surface area contributed by atoms with Crippen molar-refractivity contribution in [2.45, 2.75) is 19.8 Å². The number of carbonyl (C=O) groups is 1.